The highest BCUT2D eigenvalue weighted by Gasteiger charge is 2.14. The Morgan fingerprint density at radius 3 is 2.60 bits per heavy atom. The molecule has 1 N–H and O–H groups in total. The molecule has 0 radical (unpaired) electrons. The summed E-state index contributed by atoms with van der Waals surface area (Å²) in [6.45, 7) is 8.26. The fourth-order valence-corrected chi connectivity index (χ4v) is 4.51. The zero-order chi connectivity index (χ0) is 21.1. The maximum atomic E-state index is 12.7. The second-order valence-electron chi connectivity index (χ2n) is 7.27. The summed E-state index contributed by atoms with van der Waals surface area (Å²) in [5.41, 5.74) is 6.05. The van der Waals surface area contributed by atoms with Gasteiger partial charge < -0.3 is 10.2 Å². The van der Waals surface area contributed by atoms with Crippen LogP contribution in [-0.4, -0.2) is 28.4 Å². The van der Waals surface area contributed by atoms with Crippen molar-refractivity contribution in [3.05, 3.63) is 71.4 Å². The Morgan fingerprint density at radius 1 is 1.13 bits per heavy atom. The Labute approximate surface area is 181 Å². The van der Waals surface area contributed by atoms with Crippen LogP contribution in [0.5, 0.6) is 0 Å². The zero-order valence-electron chi connectivity index (χ0n) is 17.6. The van der Waals surface area contributed by atoms with E-state index in [4.69, 9.17) is 4.98 Å². The predicted octanol–water partition coefficient (Wildman–Crippen LogP) is 5.40. The molecule has 0 aliphatic rings. The summed E-state index contributed by atoms with van der Waals surface area (Å²) >= 11 is 1.56. The number of aromatic nitrogens is 2. The van der Waals surface area contributed by atoms with Gasteiger partial charge in [0, 0.05) is 47.3 Å². The SMILES string of the molecule is CCN(CC)c1ccc(NC(=O)Cc2csc3nc(-c4ccccc4)cn23)c(C)c1. The average Bonchev–Trinajstić information content (AvgIpc) is 3.33. The Kier molecular flexibility index (Phi) is 5.86. The van der Waals surface area contributed by atoms with Crippen LogP contribution in [0, 0.1) is 6.92 Å². The molecule has 0 saturated carbocycles. The molecule has 0 saturated heterocycles. The molecule has 1 amide bonds. The van der Waals surface area contributed by atoms with Crippen molar-refractivity contribution in [1.29, 1.82) is 0 Å². The number of hydrogen-bond acceptors (Lipinski definition) is 4. The highest BCUT2D eigenvalue weighted by molar-refractivity contribution is 7.15. The Hall–Kier alpha value is -3.12. The summed E-state index contributed by atoms with van der Waals surface area (Å²) in [5.74, 6) is -0.0247. The number of nitrogens with zero attached hydrogens (tertiary/aromatic N) is 3. The van der Waals surface area contributed by atoms with Gasteiger partial charge in [0.15, 0.2) is 4.96 Å². The topological polar surface area (TPSA) is 49.6 Å². The summed E-state index contributed by atoms with van der Waals surface area (Å²) in [6.07, 6.45) is 2.32. The number of nitrogens with one attached hydrogen (secondary N) is 1. The van der Waals surface area contributed by atoms with Gasteiger partial charge in [0.25, 0.3) is 0 Å². The predicted molar refractivity (Wildman–Crippen MR) is 126 cm³/mol. The Bertz CT molecular complexity index is 1160. The lowest BCUT2D eigenvalue weighted by Crippen LogP contribution is -2.22. The van der Waals surface area contributed by atoms with Crippen LogP contribution < -0.4 is 10.2 Å². The number of fused-ring (bicyclic) bond motifs is 1. The van der Waals surface area contributed by atoms with E-state index in [1.165, 1.54) is 5.69 Å². The van der Waals surface area contributed by atoms with Gasteiger partial charge in [-0.3, -0.25) is 9.20 Å². The number of carbonyl (C=O) groups excluding carboxylic acids is 1. The van der Waals surface area contributed by atoms with Gasteiger partial charge in [-0.1, -0.05) is 30.3 Å². The number of benzene rings is 2. The first-order chi connectivity index (χ1) is 14.6. The van der Waals surface area contributed by atoms with Crippen molar-refractivity contribution in [2.75, 3.05) is 23.3 Å². The van der Waals surface area contributed by atoms with Crippen molar-refractivity contribution in [2.45, 2.75) is 27.2 Å². The van der Waals surface area contributed by atoms with Crippen molar-refractivity contribution in [3.8, 4) is 11.3 Å². The van der Waals surface area contributed by atoms with E-state index in [0.717, 1.165) is 46.3 Å². The molecule has 0 aliphatic heterocycles. The third-order valence-corrected chi connectivity index (χ3v) is 6.20. The maximum Gasteiger partial charge on any atom is 0.230 e. The molecule has 6 heteroatoms. The van der Waals surface area contributed by atoms with Crippen molar-refractivity contribution < 1.29 is 4.79 Å². The quantitative estimate of drug-likeness (QED) is 0.437. The molecule has 0 spiro atoms. The second kappa shape index (κ2) is 8.71. The third kappa shape index (κ3) is 4.09. The van der Waals surface area contributed by atoms with Gasteiger partial charge in [-0.15, -0.1) is 11.3 Å². The molecular formula is C24H26N4OS. The van der Waals surface area contributed by atoms with Crippen LogP contribution in [0.4, 0.5) is 11.4 Å². The average molecular weight is 419 g/mol. The third-order valence-electron chi connectivity index (χ3n) is 5.31. The molecule has 5 nitrogen and oxygen atoms in total. The molecule has 0 atom stereocenters. The summed E-state index contributed by atoms with van der Waals surface area (Å²) in [6, 6.07) is 16.3. The molecule has 0 bridgehead atoms. The number of thiazole rings is 1. The first-order valence-corrected chi connectivity index (χ1v) is 11.1. The van der Waals surface area contributed by atoms with Gasteiger partial charge in [0.2, 0.25) is 5.91 Å². The first kappa shape index (κ1) is 20.2. The molecule has 4 aromatic rings. The Balaban J connectivity index is 1.49. The molecule has 2 aromatic carbocycles. The molecule has 0 fully saturated rings. The lowest BCUT2D eigenvalue weighted by molar-refractivity contribution is -0.115. The minimum atomic E-state index is -0.0247. The van der Waals surface area contributed by atoms with Gasteiger partial charge in [0.05, 0.1) is 12.1 Å². The molecule has 2 heterocycles. The molecular weight excluding hydrogens is 392 g/mol. The smallest absolute Gasteiger partial charge is 0.230 e. The molecule has 0 unspecified atom stereocenters. The zero-order valence-corrected chi connectivity index (χ0v) is 18.4. The van der Waals surface area contributed by atoms with E-state index in [-0.39, 0.29) is 5.91 Å². The van der Waals surface area contributed by atoms with Crippen molar-refractivity contribution >= 4 is 33.6 Å². The summed E-state index contributed by atoms with van der Waals surface area (Å²) in [7, 11) is 0. The van der Waals surface area contributed by atoms with Gasteiger partial charge in [-0.25, -0.2) is 4.98 Å². The van der Waals surface area contributed by atoms with Crippen molar-refractivity contribution in [3.63, 3.8) is 0 Å². The summed E-state index contributed by atoms with van der Waals surface area (Å²) in [5, 5.41) is 5.07. The maximum absolute atomic E-state index is 12.7. The second-order valence-corrected chi connectivity index (χ2v) is 8.10. The van der Waals surface area contributed by atoms with Crippen LogP contribution in [-0.2, 0) is 11.2 Å². The first-order valence-electron chi connectivity index (χ1n) is 10.3. The number of imidazole rings is 1. The van der Waals surface area contributed by atoms with Gasteiger partial charge in [-0.05, 0) is 44.5 Å². The molecule has 2 aromatic heterocycles. The monoisotopic (exact) mass is 418 g/mol. The van der Waals surface area contributed by atoms with E-state index in [9.17, 15) is 4.79 Å². The number of carbonyl (C=O) groups is 1. The van der Waals surface area contributed by atoms with Gasteiger partial charge in [0.1, 0.15) is 0 Å². The molecule has 0 aliphatic carbocycles. The number of aryl methyl sites for hydroxylation is 1. The number of rotatable bonds is 7. The van der Waals surface area contributed by atoms with Crippen LogP contribution in [0.3, 0.4) is 0 Å². The number of anilines is 2. The van der Waals surface area contributed by atoms with E-state index in [1.807, 2.05) is 59.3 Å². The standard InChI is InChI=1S/C24H26N4OS/c1-4-27(5-2)19-11-12-21(17(3)13-19)25-23(29)14-20-16-30-24-26-22(15-28(20)24)18-9-7-6-8-10-18/h6-13,15-16H,4-5,14H2,1-3H3,(H,25,29). The van der Waals surface area contributed by atoms with E-state index in [1.54, 1.807) is 11.3 Å². The lowest BCUT2D eigenvalue weighted by Gasteiger charge is -2.22. The van der Waals surface area contributed by atoms with Crippen LogP contribution in [0.15, 0.2) is 60.1 Å². The highest BCUT2D eigenvalue weighted by atomic mass is 32.1. The van der Waals surface area contributed by atoms with E-state index in [0.29, 0.717) is 6.42 Å². The van der Waals surface area contributed by atoms with E-state index >= 15 is 0 Å². The van der Waals surface area contributed by atoms with Gasteiger partial charge >= 0.3 is 0 Å². The van der Waals surface area contributed by atoms with Crippen molar-refractivity contribution in [2.24, 2.45) is 0 Å². The summed E-state index contributed by atoms with van der Waals surface area (Å²) in [4.78, 5) is 20.6. The lowest BCUT2D eigenvalue weighted by atomic mass is 10.1. The van der Waals surface area contributed by atoms with Crippen LogP contribution in [0.1, 0.15) is 25.1 Å². The van der Waals surface area contributed by atoms with Gasteiger partial charge in [-0.2, -0.15) is 0 Å². The van der Waals surface area contributed by atoms with Crippen LogP contribution >= 0.6 is 11.3 Å². The number of hydrogen-bond donors (Lipinski definition) is 1. The molecule has 154 valence electrons. The van der Waals surface area contributed by atoms with Crippen molar-refractivity contribution in [1.82, 2.24) is 9.38 Å². The van der Waals surface area contributed by atoms with Crippen LogP contribution in [0.2, 0.25) is 0 Å². The summed E-state index contributed by atoms with van der Waals surface area (Å²) < 4.78 is 2.02. The minimum absolute atomic E-state index is 0.0247. The molecule has 30 heavy (non-hydrogen) atoms. The van der Waals surface area contributed by atoms with E-state index in [2.05, 4.69) is 36.2 Å². The largest absolute Gasteiger partial charge is 0.372 e. The van der Waals surface area contributed by atoms with E-state index < -0.39 is 0 Å². The number of amides is 1. The normalized spacial score (nSPS) is 11.0. The van der Waals surface area contributed by atoms with Crippen LogP contribution in [0.25, 0.3) is 16.2 Å². The fourth-order valence-electron chi connectivity index (χ4n) is 3.64. The molecule has 4 rings (SSSR count). The Morgan fingerprint density at radius 2 is 1.90 bits per heavy atom. The highest BCUT2D eigenvalue weighted by Crippen LogP contribution is 2.25. The minimum Gasteiger partial charge on any atom is -0.372 e. The fraction of sp³-hybridized carbons (Fsp3) is 0.250.